The highest BCUT2D eigenvalue weighted by Gasteiger charge is 2.16. The molecule has 1 aliphatic carbocycles. The monoisotopic (exact) mass is 269 g/mol. The maximum Gasteiger partial charge on any atom is 0.102 e. The van der Waals surface area contributed by atoms with E-state index in [1.165, 1.54) is 17.7 Å². The molecule has 1 aliphatic rings. The predicted molar refractivity (Wildman–Crippen MR) is 81.6 cm³/mol. The summed E-state index contributed by atoms with van der Waals surface area (Å²) in [4.78, 5) is 10.2. The van der Waals surface area contributed by atoms with E-state index in [9.17, 15) is 4.91 Å². The zero-order chi connectivity index (χ0) is 13.8. The molecule has 0 aromatic rings. The molecule has 0 aromatic heterocycles. The van der Waals surface area contributed by atoms with Gasteiger partial charge >= 0.3 is 0 Å². The molecule has 5 heteroatoms. The van der Waals surface area contributed by atoms with Crippen LogP contribution in [-0.2, 0) is 0 Å². The molecule has 0 saturated heterocycles. The van der Waals surface area contributed by atoms with E-state index in [4.69, 9.17) is 0 Å². The summed E-state index contributed by atoms with van der Waals surface area (Å²) in [6, 6.07) is 0. The average molecular weight is 269 g/mol. The summed E-state index contributed by atoms with van der Waals surface area (Å²) < 4.78 is 0. The third-order valence-corrected chi connectivity index (χ3v) is 2.97. The standard InChI is InChI=1S/C12H21N3O.CH2S/c1-13-9-12(14-2)7-10-4-3-5-11(6-10)8-15-16;1-2/h5,9-10,13-14H,3-4,6-8H2,1-2H3;1H2/b12-9-;/t10-;/m0./s1. The van der Waals surface area contributed by atoms with Gasteiger partial charge in [-0.2, -0.15) is 4.91 Å². The lowest BCUT2D eigenvalue weighted by molar-refractivity contribution is 0.449. The van der Waals surface area contributed by atoms with Crippen molar-refractivity contribution < 1.29 is 0 Å². The Labute approximate surface area is 115 Å². The number of nitrogens with one attached hydrogen (secondary N) is 2. The van der Waals surface area contributed by atoms with Crippen LogP contribution in [0.15, 0.2) is 28.7 Å². The van der Waals surface area contributed by atoms with E-state index in [0.717, 1.165) is 19.3 Å². The molecular weight excluding hydrogens is 246 g/mol. The van der Waals surface area contributed by atoms with Crippen LogP contribution in [0.25, 0.3) is 0 Å². The summed E-state index contributed by atoms with van der Waals surface area (Å²) in [6.45, 7) is 0.362. The molecule has 0 amide bonds. The van der Waals surface area contributed by atoms with Crippen LogP contribution in [0.3, 0.4) is 0 Å². The van der Waals surface area contributed by atoms with Gasteiger partial charge < -0.3 is 10.6 Å². The Morgan fingerprint density at radius 2 is 2.33 bits per heavy atom. The summed E-state index contributed by atoms with van der Waals surface area (Å²) in [5, 5.41) is 9.20. The largest absolute Gasteiger partial charge is 0.393 e. The molecule has 102 valence electrons. The lowest BCUT2D eigenvalue weighted by atomic mass is 9.86. The maximum atomic E-state index is 10.2. The number of nitroso groups, excluding NO2 is 1. The van der Waals surface area contributed by atoms with Crippen LogP contribution >= 0.6 is 12.2 Å². The second kappa shape index (κ2) is 10.9. The minimum Gasteiger partial charge on any atom is -0.393 e. The van der Waals surface area contributed by atoms with E-state index >= 15 is 0 Å². The van der Waals surface area contributed by atoms with Gasteiger partial charge in [-0.05, 0) is 43.0 Å². The van der Waals surface area contributed by atoms with E-state index in [0.29, 0.717) is 12.5 Å². The fraction of sp³-hybridized carbons (Fsp3) is 0.615. The number of nitrogens with zero attached hydrogens (tertiary/aromatic N) is 1. The Morgan fingerprint density at radius 1 is 1.61 bits per heavy atom. The Bertz CT molecular complexity index is 303. The van der Waals surface area contributed by atoms with Crippen molar-refractivity contribution in [3.63, 3.8) is 0 Å². The quantitative estimate of drug-likeness (QED) is 0.442. The van der Waals surface area contributed by atoms with Crippen LogP contribution in [0.1, 0.15) is 25.7 Å². The molecule has 0 spiro atoms. The molecule has 0 bridgehead atoms. The van der Waals surface area contributed by atoms with Gasteiger partial charge in [0, 0.05) is 26.0 Å². The molecule has 0 radical (unpaired) electrons. The van der Waals surface area contributed by atoms with Crippen LogP contribution < -0.4 is 10.6 Å². The Kier molecular flexibility index (Phi) is 10.2. The molecule has 0 aliphatic heterocycles. The fourth-order valence-electron chi connectivity index (χ4n) is 2.18. The summed E-state index contributed by atoms with van der Waals surface area (Å²) in [5.74, 6) is 3.47. The summed E-state index contributed by atoms with van der Waals surface area (Å²) in [5.41, 5.74) is 2.42. The third kappa shape index (κ3) is 6.49. The van der Waals surface area contributed by atoms with Crippen molar-refractivity contribution in [2.45, 2.75) is 25.7 Å². The van der Waals surface area contributed by atoms with Crippen LogP contribution in [0, 0.1) is 10.8 Å². The molecule has 1 atom stereocenters. The molecule has 0 aromatic carbocycles. The van der Waals surface area contributed by atoms with Crippen LogP contribution in [0.5, 0.6) is 0 Å². The molecule has 4 nitrogen and oxygen atoms in total. The van der Waals surface area contributed by atoms with E-state index in [1.54, 1.807) is 0 Å². The minimum absolute atomic E-state index is 0.362. The summed E-state index contributed by atoms with van der Waals surface area (Å²) >= 11 is 3.83. The highest BCUT2D eigenvalue weighted by Crippen LogP contribution is 2.28. The Balaban J connectivity index is 0.00000137. The van der Waals surface area contributed by atoms with Crippen molar-refractivity contribution in [2.75, 3.05) is 20.6 Å². The Hall–Kier alpha value is -1.23. The number of allylic oxidation sites excluding steroid dienone is 2. The first kappa shape index (κ1) is 16.8. The summed E-state index contributed by atoms with van der Waals surface area (Å²) in [7, 11) is 3.84. The summed E-state index contributed by atoms with van der Waals surface area (Å²) in [6.07, 6.45) is 8.48. The van der Waals surface area contributed by atoms with Gasteiger partial charge in [-0.3, -0.25) is 0 Å². The highest BCUT2D eigenvalue weighted by atomic mass is 32.1. The smallest absolute Gasteiger partial charge is 0.102 e. The second-order valence-electron chi connectivity index (χ2n) is 4.21. The van der Waals surface area contributed by atoms with E-state index in [-0.39, 0.29) is 0 Å². The van der Waals surface area contributed by atoms with Gasteiger partial charge in [-0.25, -0.2) is 0 Å². The molecular formula is C13H23N3OS. The maximum absolute atomic E-state index is 10.2. The van der Waals surface area contributed by atoms with Gasteiger partial charge in [0.2, 0.25) is 0 Å². The van der Waals surface area contributed by atoms with Crippen LogP contribution in [-0.4, -0.2) is 26.5 Å². The van der Waals surface area contributed by atoms with Crippen molar-refractivity contribution >= 4 is 18.1 Å². The van der Waals surface area contributed by atoms with E-state index in [2.05, 4.69) is 40.0 Å². The first-order valence-electron chi connectivity index (χ1n) is 6.10. The Morgan fingerprint density at radius 3 is 2.89 bits per heavy atom. The second-order valence-corrected chi connectivity index (χ2v) is 4.21. The lowest BCUT2D eigenvalue weighted by Crippen LogP contribution is -2.16. The molecule has 0 fully saturated rings. The molecule has 0 unspecified atom stereocenters. The van der Waals surface area contributed by atoms with Gasteiger partial charge in [0.15, 0.2) is 0 Å². The van der Waals surface area contributed by atoms with Crippen molar-refractivity contribution in [2.24, 2.45) is 11.1 Å². The molecule has 2 N–H and O–H groups in total. The first-order valence-corrected chi connectivity index (χ1v) is 6.67. The van der Waals surface area contributed by atoms with Gasteiger partial charge in [0.1, 0.15) is 6.54 Å². The number of rotatable bonds is 6. The topological polar surface area (TPSA) is 53.5 Å². The first-order chi connectivity index (χ1) is 8.80. The number of hydrogen-bond donors (Lipinski definition) is 2. The van der Waals surface area contributed by atoms with Gasteiger partial charge in [0.25, 0.3) is 0 Å². The number of hydrogen-bond acceptors (Lipinski definition) is 5. The highest BCUT2D eigenvalue weighted by molar-refractivity contribution is 7.77. The minimum atomic E-state index is 0.362. The van der Waals surface area contributed by atoms with Crippen molar-refractivity contribution in [1.29, 1.82) is 0 Å². The zero-order valence-corrected chi connectivity index (χ0v) is 12.1. The predicted octanol–water partition coefficient (Wildman–Crippen LogP) is 2.77. The number of thiocarbonyl (C=S) groups is 1. The van der Waals surface area contributed by atoms with Crippen LogP contribution in [0.2, 0.25) is 0 Å². The van der Waals surface area contributed by atoms with Crippen molar-refractivity contribution in [1.82, 2.24) is 10.6 Å². The van der Waals surface area contributed by atoms with Gasteiger partial charge in [-0.15, -0.1) is 0 Å². The lowest BCUT2D eigenvalue weighted by Gasteiger charge is -2.22. The van der Waals surface area contributed by atoms with Gasteiger partial charge in [0.05, 0.1) is 0 Å². The molecule has 0 heterocycles. The SMILES string of the molecule is C=S.CN/C=C(/C[C@H]1CCC=C(CN=O)C1)NC. The zero-order valence-electron chi connectivity index (χ0n) is 11.2. The van der Waals surface area contributed by atoms with E-state index < -0.39 is 0 Å². The van der Waals surface area contributed by atoms with Crippen LogP contribution in [0.4, 0.5) is 0 Å². The fourth-order valence-corrected chi connectivity index (χ4v) is 2.18. The molecule has 1 rings (SSSR count). The molecule has 0 saturated carbocycles. The van der Waals surface area contributed by atoms with Crippen molar-refractivity contribution in [3.05, 3.63) is 28.5 Å². The normalized spacial score (nSPS) is 19.1. The third-order valence-electron chi connectivity index (χ3n) is 2.97. The molecule has 18 heavy (non-hydrogen) atoms. The van der Waals surface area contributed by atoms with E-state index in [1.807, 2.05) is 20.3 Å². The van der Waals surface area contributed by atoms with Gasteiger partial charge in [-0.1, -0.05) is 23.5 Å². The average Bonchev–Trinajstić information content (AvgIpc) is 2.41. The van der Waals surface area contributed by atoms with Crippen molar-refractivity contribution in [3.8, 4) is 0 Å².